The maximum atomic E-state index is 12.3. The molecule has 0 heterocycles. The third-order valence-electron chi connectivity index (χ3n) is 3.67. The molecule has 2 aromatic carbocycles. The number of aromatic hydroxyl groups is 1. The van der Waals surface area contributed by atoms with Crippen LogP contribution in [0.2, 0.25) is 0 Å². The van der Waals surface area contributed by atoms with Crippen molar-refractivity contribution < 1.29 is 9.90 Å². The van der Waals surface area contributed by atoms with Gasteiger partial charge in [-0.3, -0.25) is 4.79 Å². The second-order valence-electron chi connectivity index (χ2n) is 5.23. The predicted octanol–water partition coefficient (Wildman–Crippen LogP) is 2.79. The number of carbonyl (C=O) groups excluding carboxylic acids is 1. The highest BCUT2D eigenvalue weighted by atomic mass is 16.3. The van der Waals surface area contributed by atoms with Gasteiger partial charge in [-0.25, -0.2) is 0 Å². The lowest BCUT2D eigenvalue weighted by Gasteiger charge is -2.17. The van der Waals surface area contributed by atoms with Gasteiger partial charge >= 0.3 is 0 Å². The largest absolute Gasteiger partial charge is 0.506 e. The van der Waals surface area contributed by atoms with E-state index in [4.69, 9.17) is 5.73 Å². The average molecular weight is 286 g/mol. The number of phenols is 1. The van der Waals surface area contributed by atoms with E-state index in [-0.39, 0.29) is 17.7 Å². The van der Waals surface area contributed by atoms with Crippen molar-refractivity contribution in [2.45, 2.75) is 32.2 Å². The molecule has 0 spiro atoms. The topological polar surface area (TPSA) is 75.3 Å². The summed E-state index contributed by atoms with van der Waals surface area (Å²) in [5.74, 6) is -0.248. The van der Waals surface area contributed by atoms with Crippen LogP contribution in [-0.2, 0) is 0 Å². The Kier molecular flexibility index (Phi) is 5.17. The van der Waals surface area contributed by atoms with E-state index in [1.165, 1.54) is 0 Å². The molecular formula is C17H22N2O2. The van der Waals surface area contributed by atoms with Gasteiger partial charge in [0.05, 0.1) is 5.56 Å². The number of hydrogen-bond acceptors (Lipinski definition) is 3. The Morgan fingerprint density at radius 1 is 1.29 bits per heavy atom. The molecule has 4 nitrogen and oxygen atoms in total. The molecule has 4 N–H and O–H groups in total. The van der Waals surface area contributed by atoms with Gasteiger partial charge in [-0.05, 0) is 17.9 Å². The second kappa shape index (κ2) is 7.09. The number of hydrogen-bond donors (Lipinski definition) is 3. The minimum atomic E-state index is -0.273. The molecule has 0 radical (unpaired) electrons. The zero-order valence-electron chi connectivity index (χ0n) is 12.3. The van der Waals surface area contributed by atoms with Crippen LogP contribution in [0.1, 0.15) is 36.5 Å². The maximum absolute atomic E-state index is 12.3. The molecule has 112 valence electrons. The number of phenolic OH excluding ortho intramolecular Hbond substituents is 1. The molecule has 0 aliphatic rings. The fourth-order valence-electron chi connectivity index (χ4n) is 2.40. The van der Waals surface area contributed by atoms with Crippen molar-refractivity contribution in [1.82, 2.24) is 5.32 Å². The maximum Gasteiger partial charge on any atom is 0.255 e. The van der Waals surface area contributed by atoms with E-state index < -0.39 is 0 Å². The summed E-state index contributed by atoms with van der Waals surface area (Å²) in [6.45, 7) is 2.50. The Hall–Kier alpha value is -2.07. The zero-order chi connectivity index (χ0) is 15.2. The van der Waals surface area contributed by atoms with Crippen LogP contribution in [0.5, 0.6) is 5.75 Å². The van der Waals surface area contributed by atoms with Crippen molar-refractivity contribution in [2.75, 3.05) is 6.54 Å². The summed E-state index contributed by atoms with van der Waals surface area (Å²) >= 11 is 0. The minimum absolute atomic E-state index is 0.0249. The van der Waals surface area contributed by atoms with Gasteiger partial charge in [0.1, 0.15) is 5.75 Å². The minimum Gasteiger partial charge on any atom is -0.506 e. The van der Waals surface area contributed by atoms with Gasteiger partial charge in [-0.1, -0.05) is 50.1 Å². The molecular weight excluding hydrogens is 264 g/mol. The van der Waals surface area contributed by atoms with Gasteiger partial charge in [-0.2, -0.15) is 0 Å². The highest BCUT2D eigenvalue weighted by Gasteiger charge is 2.16. The first-order valence-corrected chi connectivity index (χ1v) is 7.39. The van der Waals surface area contributed by atoms with Gasteiger partial charge in [0, 0.05) is 18.0 Å². The molecule has 1 unspecified atom stereocenters. The number of unbranched alkanes of at least 4 members (excludes halogenated alkanes) is 1. The molecule has 0 aliphatic carbocycles. The third-order valence-corrected chi connectivity index (χ3v) is 3.67. The first kappa shape index (κ1) is 15.3. The number of carbonyl (C=O) groups is 1. The van der Waals surface area contributed by atoms with Crippen LogP contribution in [0.4, 0.5) is 0 Å². The summed E-state index contributed by atoms with van der Waals surface area (Å²) in [6.07, 6.45) is 2.94. The van der Waals surface area contributed by atoms with Crippen LogP contribution >= 0.6 is 0 Å². The Morgan fingerprint density at radius 3 is 2.76 bits per heavy atom. The molecule has 0 bridgehead atoms. The fraction of sp³-hybridized carbons (Fsp3) is 0.353. The van der Waals surface area contributed by atoms with E-state index in [0.717, 1.165) is 24.6 Å². The Morgan fingerprint density at radius 2 is 2.05 bits per heavy atom. The van der Waals surface area contributed by atoms with E-state index >= 15 is 0 Å². The standard InChI is InChI=1S/C17H22N2O2/c1-2-3-7-13(11-18)19-17(21)15-10-9-12-6-4-5-8-14(12)16(15)20/h4-6,8-10,13,20H,2-3,7,11,18H2,1H3,(H,19,21). The highest BCUT2D eigenvalue weighted by Crippen LogP contribution is 2.28. The lowest BCUT2D eigenvalue weighted by atomic mass is 10.0. The van der Waals surface area contributed by atoms with Crippen molar-refractivity contribution in [2.24, 2.45) is 5.73 Å². The zero-order valence-corrected chi connectivity index (χ0v) is 12.3. The van der Waals surface area contributed by atoms with Gasteiger partial charge in [0.15, 0.2) is 0 Å². The molecule has 2 rings (SSSR count). The van der Waals surface area contributed by atoms with Gasteiger partial charge in [0.25, 0.3) is 5.91 Å². The van der Waals surface area contributed by atoms with Crippen LogP contribution in [0.15, 0.2) is 36.4 Å². The van der Waals surface area contributed by atoms with Crippen molar-refractivity contribution in [3.8, 4) is 5.75 Å². The van der Waals surface area contributed by atoms with E-state index in [9.17, 15) is 9.90 Å². The normalized spacial score (nSPS) is 12.3. The highest BCUT2D eigenvalue weighted by molar-refractivity contribution is 6.03. The number of nitrogens with two attached hydrogens (primary N) is 1. The number of fused-ring (bicyclic) bond motifs is 1. The van der Waals surface area contributed by atoms with Crippen molar-refractivity contribution >= 4 is 16.7 Å². The van der Waals surface area contributed by atoms with Gasteiger partial charge < -0.3 is 16.2 Å². The smallest absolute Gasteiger partial charge is 0.255 e. The molecule has 0 saturated heterocycles. The summed E-state index contributed by atoms with van der Waals surface area (Å²) in [7, 11) is 0. The van der Waals surface area contributed by atoms with Crippen molar-refractivity contribution in [3.63, 3.8) is 0 Å². The third kappa shape index (κ3) is 3.52. The molecule has 0 aromatic heterocycles. The molecule has 1 amide bonds. The quantitative estimate of drug-likeness (QED) is 0.764. The summed E-state index contributed by atoms with van der Waals surface area (Å²) in [5, 5.41) is 14.8. The van der Waals surface area contributed by atoms with Gasteiger partial charge in [0.2, 0.25) is 0 Å². The molecule has 4 heteroatoms. The summed E-state index contributed by atoms with van der Waals surface area (Å²) < 4.78 is 0. The Balaban J connectivity index is 2.21. The molecule has 2 aromatic rings. The fourth-order valence-corrected chi connectivity index (χ4v) is 2.40. The lowest BCUT2D eigenvalue weighted by Crippen LogP contribution is -2.40. The van der Waals surface area contributed by atoms with Crippen LogP contribution in [0, 0.1) is 0 Å². The van der Waals surface area contributed by atoms with E-state index in [0.29, 0.717) is 17.5 Å². The van der Waals surface area contributed by atoms with Gasteiger partial charge in [-0.15, -0.1) is 0 Å². The number of nitrogens with one attached hydrogen (secondary N) is 1. The monoisotopic (exact) mass is 286 g/mol. The van der Waals surface area contributed by atoms with E-state index in [1.54, 1.807) is 12.1 Å². The van der Waals surface area contributed by atoms with Crippen molar-refractivity contribution in [1.29, 1.82) is 0 Å². The SMILES string of the molecule is CCCCC(CN)NC(=O)c1ccc2ccccc2c1O. The molecule has 0 aliphatic heterocycles. The molecule has 21 heavy (non-hydrogen) atoms. The summed E-state index contributed by atoms with van der Waals surface area (Å²) in [6, 6.07) is 10.9. The van der Waals surface area contributed by atoms with Crippen LogP contribution < -0.4 is 11.1 Å². The summed E-state index contributed by atoms with van der Waals surface area (Å²) in [4.78, 5) is 12.3. The number of rotatable bonds is 6. The lowest BCUT2D eigenvalue weighted by molar-refractivity contribution is 0.0933. The first-order valence-electron chi connectivity index (χ1n) is 7.39. The van der Waals surface area contributed by atoms with Crippen LogP contribution in [0.3, 0.4) is 0 Å². The van der Waals surface area contributed by atoms with Crippen LogP contribution in [0.25, 0.3) is 10.8 Å². The molecule has 1 atom stereocenters. The molecule has 0 saturated carbocycles. The Labute approximate surface area is 125 Å². The number of benzene rings is 2. The Bertz CT molecular complexity index is 625. The number of amides is 1. The van der Waals surface area contributed by atoms with Crippen LogP contribution in [-0.4, -0.2) is 23.6 Å². The second-order valence-corrected chi connectivity index (χ2v) is 5.23. The van der Waals surface area contributed by atoms with Crippen molar-refractivity contribution in [3.05, 3.63) is 42.0 Å². The predicted molar refractivity (Wildman–Crippen MR) is 85.4 cm³/mol. The van der Waals surface area contributed by atoms with E-state index in [2.05, 4.69) is 12.2 Å². The summed E-state index contributed by atoms with van der Waals surface area (Å²) in [5.41, 5.74) is 5.99. The molecule has 0 fully saturated rings. The van der Waals surface area contributed by atoms with E-state index in [1.807, 2.05) is 24.3 Å². The first-order chi connectivity index (χ1) is 10.2. The average Bonchev–Trinajstić information content (AvgIpc) is 2.51.